The second kappa shape index (κ2) is 12.9. The summed E-state index contributed by atoms with van der Waals surface area (Å²) in [5.74, 6) is 0.214. The fourth-order valence-corrected chi connectivity index (χ4v) is 10.1. The number of carbonyl (C=O) groups is 1. The van der Waals surface area contributed by atoms with E-state index in [1.54, 1.807) is 31.2 Å². The molecule has 1 spiro atoms. The molecule has 1 fully saturated rings. The molecule has 3 aliphatic carbocycles. The van der Waals surface area contributed by atoms with E-state index in [1.807, 2.05) is 27.1 Å². The van der Waals surface area contributed by atoms with Crippen molar-refractivity contribution in [3.63, 3.8) is 0 Å². The van der Waals surface area contributed by atoms with E-state index in [0.29, 0.717) is 49.3 Å². The topological polar surface area (TPSA) is 88.2 Å². The molecule has 3 aliphatic heterocycles. The molecule has 6 aliphatic rings. The molecule has 3 heterocycles. The first-order valence-corrected chi connectivity index (χ1v) is 19.3. The van der Waals surface area contributed by atoms with Crippen molar-refractivity contribution in [2.75, 3.05) is 51.8 Å². The number of sulfonamides is 1. The molecule has 0 aromatic heterocycles. The van der Waals surface area contributed by atoms with E-state index >= 15 is 4.39 Å². The molecule has 4 bridgehead atoms. The minimum atomic E-state index is -3.95. The third-order valence-corrected chi connectivity index (χ3v) is 14.1. The molecule has 1 amide bonds. The number of fused-ring (bicyclic) bond motifs is 6. The van der Waals surface area contributed by atoms with Crippen LogP contribution in [0.1, 0.15) is 67.4 Å². The number of anilines is 1. The number of halogens is 2. The highest BCUT2D eigenvalue weighted by Gasteiger charge is 2.47. The Morgan fingerprint density at radius 1 is 1.19 bits per heavy atom. The maximum atomic E-state index is 15.4. The van der Waals surface area contributed by atoms with Crippen LogP contribution < -0.4 is 14.4 Å². The Morgan fingerprint density at radius 2 is 1.98 bits per heavy atom. The predicted octanol–water partition coefficient (Wildman–Crippen LogP) is 5.97. The average Bonchev–Trinajstić information content (AvgIpc) is 3.16. The van der Waals surface area contributed by atoms with Crippen molar-refractivity contribution >= 4 is 33.2 Å². The second-order valence-electron chi connectivity index (χ2n) is 15.1. The summed E-state index contributed by atoms with van der Waals surface area (Å²) in [6.45, 7) is 6.73. The first-order valence-electron chi connectivity index (χ1n) is 17.4. The predicted molar refractivity (Wildman–Crippen MR) is 186 cm³/mol. The van der Waals surface area contributed by atoms with Crippen molar-refractivity contribution in [3.05, 3.63) is 69.5 Å². The van der Waals surface area contributed by atoms with E-state index in [4.69, 9.17) is 21.1 Å². The third kappa shape index (κ3) is 6.05. The monoisotopic (exact) mass is 699 g/mol. The molecule has 7 atom stereocenters. The van der Waals surface area contributed by atoms with Gasteiger partial charge in [-0.05, 0) is 124 Å². The van der Waals surface area contributed by atoms with Gasteiger partial charge in [0.2, 0.25) is 10.0 Å². The number of nitrogens with one attached hydrogen (secondary N) is 1. The van der Waals surface area contributed by atoms with Gasteiger partial charge in [0.15, 0.2) is 0 Å². The van der Waals surface area contributed by atoms with Gasteiger partial charge in [0.25, 0.3) is 5.91 Å². The van der Waals surface area contributed by atoms with E-state index in [-0.39, 0.29) is 34.3 Å². The quantitative estimate of drug-likeness (QED) is 0.394. The molecule has 11 heteroatoms. The Balaban J connectivity index is 1.30. The summed E-state index contributed by atoms with van der Waals surface area (Å²) in [6.07, 6.45) is 7.36. The Hall–Kier alpha value is -2.66. The summed E-state index contributed by atoms with van der Waals surface area (Å²) in [5, 5.41) is -0.629. The standard InChI is InChI=1S/C37H47ClFN3O5S/c1-22-23(2)48(44,45)40-36(43)24-8-12-33-32(18-24)42(20-37(21-47-33)13-5-6-29-30(37)10-11-31(38)34(29)39)19-25-7-9-28(25)35(27-16-26(22)17-27)46-15-14-41(3)4/h8,10-12,16,18,22-23,25-26,28,35H,5-7,9,13-15,17,19-21H2,1-4H3,(H,40,43)/t22-,23-,25+,26+,28-,35+,37+/m1/s1. The Bertz CT molecular complexity index is 1730. The van der Waals surface area contributed by atoms with Crippen molar-refractivity contribution in [1.82, 2.24) is 9.62 Å². The van der Waals surface area contributed by atoms with Gasteiger partial charge < -0.3 is 19.3 Å². The first kappa shape index (κ1) is 33.8. The molecular weight excluding hydrogens is 653 g/mol. The molecule has 1 N–H and O–H groups in total. The fraction of sp³-hybridized carbons (Fsp3) is 0.595. The van der Waals surface area contributed by atoms with Crippen molar-refractivity contribution in [1.29, 1.82) is 0 Å². The van der Waals surface area contributed by atoms with Gasteiger partial charge in [-0.1, -0.05) is 30.7 Å². The highest BCUT2D eigenvalue weighted by Crippen LogP contribution is 2.50. The molecule has 260 valence electrons. The molecule has 48 heavy (non-hydrogen) atoms. The Labute approximate surface area is 289 Å². The molecule has 2 aromatic rings. The molecule has 0 unspecified atom stereocenters. The minimum Gasteiger partial charge on any atom is -0.490 e. The van der Waals surface area contributed by atoms with Crippen LogP contribution in [0, 0.1) is 29.5 Å². The molecule has 8 nitrogen and oxygen atoms in total. The number of benzene rings is 2. The largest absolute Gasteiger partial charge is 0.490 e. The summed E-state index contributed by atoms with van der Waals surface area (Å²) < 4.78 is 58.1. The number of allylic oxidation sites excluding steroid dienone is 1. The van der Waals surface area contributed by atoms with Crippen molar-refractivity contribution in [2.45, 2.75) is 69.1 Å². The lowest BCUT2D eigenvalue weighted by atomic mass is 9.64. The van der Waals surface area contributed by atoms with Crippen molar-refractivity contribution in [3.8, 4) is 5.75 Å². The van der Waals surface area contributed by atoms with Crippen LogP contribution in [-0.4, -0.2) is 77.5 Å². The first-order chi connectivity index (χ1) is 22.9. The van der Waals surface area contributed by atoms with E-state index in [9.17, 15) is 13.2 Å². The van der Waals surface area contributed by atoms with Crippen molar-refractivity contribution in [2.24, 2.45) is 23.7 Å². The van der Waals surface area contributed by atoms with E-state index in [1.165, 1.54) is 5.57 Å². The SMILES string of the molecule is C[C@@H]1[C@@H](C)S(=O)(=O)NC(=O)c2ccc3c(c2)N(C[C@@H]2CC[C@H]2[C@@H](OCCN(C)C)C2=C[C@H]1C2)C[C@@]1(CCCc2c1ccc(Cl)c2F)CO3. The van der Waals surface area contributed by atoms with Crippen molar-refractivity contribution < 1.29 is 27.1 Å². The van der Waals surface area contributed by atoms with Gasteiger partial charge in [0.05, 0.1) is 35.3 Å². The zero-order valence-electron chi connectivity index (χ0n) is 28.3. The summed E-state index contributed by atoms with van der Waals surface area (Å²) in [4.78, 5) is 18.0. The normalized spacial score (nSPS) is 32.5. The second-order valence-corrected chi connectivity index (χ2v) is 17.6. The maximum absolute atomic E-state index is 15.4. The molecule has 0 radical (unpaired) electrons. The number of ether oxygens (including phenoxy) is 2. The van der Waals surface area contributed by atoms with Crippen LogP contribution in [0.4, 0.5) is 10.1 Å². The van der Waals surface area contributed by atoms with Crippen LogP contribution in [0.5, 0.6) is 5.75 Å². The lowest BCUT2D eigenvalue weighted by Gasteiger charge is -2.48. The smallest absolute Gasteiger partial charge is 0.264 e. The number of hydrogen-bond donors (Lipinski definition) is 1. The summed E-state index contributed by atoms with van der Waals surface area (Å²) in [7, 11) is 0.135. The molecular formula is C37H47ClFN3O5S. The van der Waals surface area contributed by atoms with Gasteiger partial charge in [-0.3, -0.25) is 4.79 Å². The number of rotatable bonds is 4. The highest BCUT2D eigenvalue weighted by atomic mass is 35.5. The number of carbonyl (C=O) groups excluding carboxylic acids is 1. The summed E-state index contributed by atoms with van der Waals surface area (Å²) in [6, 6.07) is 8.78. The summed E-state index contributed by atoms with van der Waals surface area (Å²) in [5.41, 5.74) is 3.38. The minimum absolute atomic E-state index is 0.0266. The number of hydrogen-bond acceptors (Lipinski definition) is 7. The van der Waals surface area contributed by atoms with Gasteiger partial charge in [-0.25, -0.2) is 17.5 Å². The maximum Gasteiger partial charge on any atom is 0.264 e. The Morgan fingerprint density at radius 3 is 2.71 bits per heavy atom. The van der Waals surface area contributed by atoms with Crippen LogP contribution >= 0.6 is 11.6 Å². The third-order valence-electron chi connectivity index (χ3n) is 12.0. The zero-order chi connectivity index (χ0) is 34.0. The molecule has 0 saturated heterocycles. The lowest BCUT2D eigenvalue weighted by molar-refractivity contribution is -0.0301. The van der Waals surface area contributed by atoms with Crippen LogP contribution in [0.15, 0.2) is 42.0 Å². The fourth-order valence-electron chi connectivity index (χ4n) is 8.63. The Kier molecular flexibility index (Phi) is 9.09. The van der Waals surface area contributed by atoms with Crippen LogP contribution in [0.2, 0.25) is 5.02 Å². The zero-order valence-corrected chi connectivity index (χ0v) is 29.9. The van der Waals surface area contributed by atoms with E-state index in [2.05, 4.69) is 20.6 Å². The van der Waals surface area contributed by atoms with Gasteiger partial charge in [-0.15, -0.1) is 0 Å². The molecule has 8 rings (SSSR count). The van der Waals surface area contributed by atoms with Gasteiger partial charge >= 0.3 is 0 Å². The van der Waals surface area contributed by atoms with Gasteiger partial charge in [0.1, 0.15) is 11.6 Å². The highest BCUT2D eigenvalue weighted by molar-refractivity contribution is 7.90. The van der Waals surface area contributed by atoms with Gasteiger partial charge in [-0.2, -0.15) is 0 Å². The van der Waals surface area contributed by atoms with E-state index in [0.717, 1.165) is 56.4 Å². The number of amides is 1. The summed E-state index contributed by atoms with van der Waals surface area (Å²) >= 11 is 6.25. The van der Waals surface area contributed by atoms with E-state index < -0.39 is 26.6 Å². The lowest BCUT2D eigenvalue weighted by Crippen LogP contribution is -2.51. The number of nitrogens with zero attached hydrogens (tertiary/aromatic N) is 2. The molecule has 2 aromatic carbocycles. The van der Waals surface area contributed by atoms with Crippen LogP contribution in [-0.2, 0) is 26.6 Å². The average molecular weight is 700 g/mol. The van der Waals surface area contributed by atoms with Crippen LogP contribution in [0.3, 0.4) is 0 Å². The molecule has 1 saturated carbocycles. The van der Waals surface area contributed by atoms with Gasteiger partial charge in [0, 0.05) is 30.6 Å². The number of likely N-dealkylation sites (N-methyl/N-ethyl adjacent to an activating group) is 1. The van der Waals surface area contributed by atoms with Crippen LogP contribution in [0.25, 0.3) is 0 Å².